The topological polar surface area (TPSA) is 41.3 Å². The normalized spacial score (nSPS) is 11.0. The highest BCUT2D eigenvalue weighted by molar-refractivity contribution is 5.22. The van der Waals surface area contributed by atoms with Gasteiger partial charge >= 0.3 is 0 Å². The summed E-state index contributed by atoms with van der Waals surface area (Å²) in [4.78, 5) is 2.17. The van der Waals surface area contributed by atoms with Crippen LogP contribution in [-0.4, -0.2) is 25.2 Å². The number of likely N-dealkylation sites (N-methyl/N-ethyl adjacent to an activating group) is 1. The Kier molecular flexibility index (Phi) is 6.08. The molecule has 0 aliphatic rings. The van der Waals surface area contributed by atoms with Crippen LogP contribution in [0.4, 0.5) is 0 Å². The zero-order valence-electron chi connectivity index (χ0n) is 10.4. The van der Waals surface area contributed by atoms with Gasteiger partial charge in [0, 0.05) is 6.54 Å². The van der Waals surface area contributed by atoms with E-state index >= 15 is 0 Å². The fourth-order valence-corrected chi connectivity index (χ4v) is 1.72. The SMILES string of the molecule is CCCc1ccc(CCN(C)CNN)cc1. The van der Waals surface area contributed by atoms with Crippen molar-refractivity contribution >= 4 is 0 Å². The Morgan fingerprint density at radius 2 is 1.69 bits per heavy atom. The standard InChI is InChI=1S/C13H23N3/c1-3-4-12-5-7-13(8-6-12)9-10-16(2)11-15-14/h5-8,15H,3-4,9-11,14H2,1-2H3. The van der Waals surface area contributed by atoms with Crippen LogP contribution in [0.1, 0.15) is 24.5 Å². The van der Waals surface area contributed by atoms with E-state index in [2.05, 4.69) is 48.6 Å². The lowest BCUT2D eigenvalue weighted by Gasteiger charge is -2.15. The van der Waals surface area contributed by atoms with E-state index in [1.54, 1.807) is 0 Å². The van der Waals surface area contributed by atoms with E-state index in [-0.39, 0.29) is 0 Å². The summed E-state index contributed by atoms with van der Waals surface area (Å²) in [5.74, 6) is 5.26. The number of hydrogen-bond donors (Lipinski definition) is 2. The fraction of sp³-hybridized carbons (Fsp3) is 0.538. The number of hydrazine groups is 1. The molecule has 3 heteroatoms. The van der Waals surface area contributed by atoms with Crippen molar-refractivity contribution in [2.45, 2.75) is 26.2 Å². The summed E-state index contributed by atoms with van der Waals surface area (Å²) in [5, 5.41) is 0. The van der Waals surface area contributed by atoms with Crippen molar-refractivity contribution in [1.29, 1.82) is 0 Å². The van der Waals surface area contributed by atoms with E-state index in [0.717, 1.165) is 19.6 Å². The average molecular weight is 221 g/mol. The smallest absolute Gasteiger partial charge is 0.0610 e. The Morgan fingerprint density at radius 3 is 2.19 bits per heavy atom. The second-order valence-corrected chi connectivity index (χ2v) is 4.26. The monoisotopic (exact) mass is 221 g/mol. The van der Waals surface area contributed by atoms with Crippen LogP contribution >= 0.6 is 0 Å². The van der Waals surface area contributed by atoms with Gasteiger partial charge in [0.05, 0.1) is 6.67 Å². The molecule has 90 valence electrons. The van der Waals surface area contributed by atoms with Gasteiger partial charge in [-0.3, -0.25) is 10.7 Å². The molecule has 3 nitrogen and oxygen atoms in total. The molecule has 3 N–H and O–H groups in total. The summed E-state index contributed by atoms with van der Waals surface area (Å²) in [5.41, 5.74) is 5.48. The maximum atomic E-state index is 5.26. The highest BCUT2D eigenvalue weighted by atomic mass is 15.3. The molecule has 0 aromatic heterocycles. The molecule has 0 atom stereocenters. The van der Waals surface area contributed by atoms with Gasteiger partial charge in [0.2, 0.25) is 0 Å². The number of nitrogens with zero attached hydrogens (tertiary/aromatic N) is 1. The van der Waals surface area contributed by atoms with Crippen molar-refractivity contribution < 1.29 is 0 Å². The van der Waals surface area contributed by atoms with Gasteiger partial charge in [0.15, 0.2) is 0 Å². The van der Waals surface area contributed by atoms with Crippen molar-refractivity contribution in [2.75, 3.05) is 20.3 Å². The first-order chi connectivity index (χ1) is 7.76. The lowest BCUT2D eigenvalue weighted by atomic mass is 10.1. The van der Waals surface area contributed by atoms with Crippen molar-refractivity contribution in [3.8, 4) is 0 Å². The molecule has 1 aromatic rings. The van der Waals surface area contributed by atoms with Gasteiger partial charge in [-0.1, -0.05) is 37.6 Å². The Labute approximate surface area is 98.6 Å². The quantitative estimate of drug-likeness (QED) is 0.417. The summed E-state index contributed by atoms with van der Waals surface area (Å²) in [6.45, 7) is 3.97. The summed E-state index contributed by atoms with van der Waals surface area (Å²) in [6.07, 6.45) is 3.46. The minimum atomic E-state index is 0.730. The predicted molar refractivity (Wildman–Crippen MR) is 69.0 cm³/mol. The molecule has 0 unspecified atom stereocenters. The predicted octanol–water partition coefficient (Wildman–Crippen LogP) is 1.53. The Bertz CT molecular complexity index is 282. The molecule has 0 fully saturated rings. The van der Waals surface area contributed by atoms with Crippen molar-refractivity contribution in [3.63, 3.8) is 0 Å². The van der Waals surface area contributed by atoms with Gasteiger partial charge in [-0.05, 0) is 31.0 Å². The first-order valence-corrected chi connectivity index (χ1v) is 5.96. The number of hydrogen-bond acceptors (Lipinski definition) is 3. The highest BCUT2D eigenvalue weighted by Gasteiger charge is 1.98. The third kappa shape index (κ3) is 4.75. The molecule has 0 saturated heterocycles. The molecular formula is C13H23N3. The first kappa shape index (κ1) is 13.2. The summed E-state index contributed by atoms with van der Waals surface area (Å²) in [7, 11) is 2.06. The molecule has 0 radical (unpaired) electrons. The third-order valence-corrected chi connectivity index (χ3v) is 2.71. The van der Waals surface area contributed by atoms with Crippen LogP contribution in [0.5, 0.6) is 0 Å². The maximum absolute atomic E-state index is 5.26. The minimum absolute atomic E-state index is 0.730. The summed E-state index contributed by atoms with van der Waals surface area (Å²) < 4.78 is 0. The molecule has 1 aromatic carbocycles. The molecule has 0 aliphatic carbocycles. The van der Waals surface area contributed by atoms with Crippen LogP contribution < -0.4 is 11.3 Å². The van der Waals surface area contributed by atoms with Crippen molar-refractivity contribution in [2.24, 2.45) is 5.84 Å². The highest BCUT2D eigenvalue weighted by Crippen LogP contribution is 2.07. The van der Waals surface area contributed by atoms with E-state index in [4.69, 9.17) is 5.84 Å². The fourth-order valence-electron chi connectivity index (χ4n) is 1.72. The van der Waals surface area contributed by atoms with Crippen molar-refractivity contribution in [3.05, 3.63) is 35.4 Å². The number of rotatable bonds is 7. The molecule has 0 saturated carbocycles. The molecular weight excluding hydrogens is 198 g/mol. The number of nitrogens with two attached hydrogens (primary N) is 1. The Morgan fingerprint density at radius 1 is 1.12 bits per heavy atom. The van der Waals surface area contributed by atoms with Crippen LogP contribution in [0, 0.1) is 0 Å². The van der Waals surface area contributed by atoms with Gasteiger partial charge < -0.3 is 0 Å². The minimum Gasteiger partial charge on any atom is -0.292 e. The van der Waals surface area contributed by atoms with E-state index in [0.29, 0.717) is 0 Å². The molecule has 0 amide bonds. The van der Waals surface area contributed by atoms with E-state index < -0.39 is 0 Å². The largest absolute Gasteiger partial charge is 0.292 e. The van der Waals surface area contributed by atoms with E-state index in [1.807, 2.05) is 0 Å². The molecule has 0 heterocycles. The summed E-state index contributed by atoms with van der Waals surface area (Å²) in [6, 6.07) is 8.93. The van der Waals surface area contributed by atoms with Gasteiger partial charge in [-0.15, -0.1) is 0 Å². The van der Waals surface area contributed by atoms with E-state index in [9.17, 15) is 0 Å². The number of nitrogens with one attached hydrogen (secondary N) is 1. The number of aryl methyl sites for hydroxylation is 1. The van der Waals surface area contributed by atoms with Crippen LogP contribution in [0.2, 0.25) is 0 Å². The van der Waals surface area contributed by atoms with Crippen LogP contribution in [0.25, 0.3) is 0 Å². The second-order valence-electron chi connectivity index (χ2n) is 4.26. The van der Waals surface area contributed by atoms with Gasteiger partial charge in [-0.25, -0.2) is 5.43 Å². The molecule has 16 heavy (non-hydrogen) atoms. The molecule has 0 aliphatic heterocycles. The Balaban J connectivity index is 2.37. The average Bonchev–Trinajstić information content (AvgIpc) is 2.29. The maximum Gasteiger partial charge on any atom is 0.0610 e. The second kappa shape index (κ2) is 7.39. The molecule has 0 bridgehead atoms. The molecule has 1 rings (SSSR count). The van der Waals surface area contributed by atoms with Gasteiger partial charge in [-0.2, -0.15) is 0 Å². The molecule has 0 spiro atoms. The van der Waals surface area contributed by atoms with Crippen molar-refractivity contribution in [1.82, 2.24) is 10.3 Å². The lowest BCUT2D eigenvalue weighted by Crippen LogP contribution is -2.36. The number of benzene rings is 1. The lowest BCUT2D eigenvalue weighted by molar-refractivity contribution is 0.313. The zero-order valence-corrected chi connectivity index (χ0v) is 10.4. The zero-order chi connectivity index (χ0) is 11.8. The van der Waals surface area contributed by atoms with Gasteiger partial charge in [0.25, 0.3) is 0 Å². The summed E-state index contributed by atoms with van der Waals surface area (Å²) >= 11 is 0. The first-order valence-electron chi connectivity index (χ1n) is 5.96. The van der Waals surface area contributed by atoms with Crippen LogP contribution in [0.15, 0.2) is 24.3 Å². The van der Waals surface area contributed by atoms with Gasteiger partial charge in [0.1, 0.15) is 0 Å². The van der Waals surface area contributed by atoms with Crippen LogP contribution in [-0.2, 0) is 12.8 Å². The van der Waals surface area contributed by atoms with E-state index in [1.165, 1.54) is 24.0 Å². The Hall–Kier alpha value is -0.900. The third-order valence-electron chi connectivity index (χ3n) is 2.71. The van der Waals surface area contributed by atoms with Crippen LogP contribution in [0.3, 0.4) is 0 Å².